The third-order valence-corrected chi connectivity index (χ3v) is 5.17. The average Bonchev–Trinajstić information content (AvgIpc) is 3.21. The van der Waals surface area contributed by atoms with Gasteiger partial charge in [0.25, 0.3) is 0 Å². The van der Waals surface area contributed by atoms with E-state index >= 15 is 0 Å². The van der Waals surface area contributed by atoms with Gasteiger partial charge in [0, 0.05) is 32.1 Å². The summed E-state index contributed by atoms with van der Waals surface area (Å²) in [7, 11) is 3.99. The molecule has 132 valence electrons. The summed E-state index contributed by atoms with van der Waals surface area (Å²) >= 11 is 1.83. The largest absolute Gasteiger partial charge is 0.356 e. The van der Waals surface area contributed by atoms with Gasteiger partial charge in [0.05, 0.1) is 0 Å². The molecule has 1 saturated heterocycles. The van der Waals surface area contributed by atoms with Crippen LogP contribution < -0.4 is 5.32 Å². The molecule has 0 unspecified atom stereocenters. The van der Waals surface area contributed by atoms with Crippen molar-refractivity contribution < 1.29 is 0 Å². The molecule has 0 spiro atoms. The van der Waals surface area contributed by atoms with E-state index in [1.165, 1.54) is 50.2 Å². The number of aliphatic imine (C=N–C) groups is 1. The van der Waals surface area contributed by atoms with Crippen LogP contribution in [0.5, 0.6) is 0 Å². The van der Waals surface area contributed by atoms with Crippen molar-refractivity contribution in [2.24, 2.45) is 4.99 Å². The summed E-state index contributed by atoms with van der Waals surface area (Å²) in [5.74, 6) is 1.01. The van der Waals surface area contributed by atoms with E-state index in [1.807, 2.05) is 18.4 Å². The number of guanidine groups is 1. The molecule has 1 fully saturated rings. The smallest absolute Gasteiger partial charge is 0.193 e. The Morgan fingerprint density at radius 1 is 1.35 bits per heavy atom. The van der Waals surface area contributed by atoms with Crippen molar-refractivity contribution in [3.63, 3.8) is 0 Å². The minimum Gasteiger partial charge on any atom is -0.356 e. The van der Waals surface area contributed by atoms with Crippen molar-refractivity contribution in [1.82, 2.24) is 15.1 Å². The second kappa shape index (κ2) is 12.1. The zero-order chi connectivity index (χ0) is 15.6. The van der Waals surface area contributed by atoms with Crippen LogP contribution in [0.1, 0.15) is 30.6 Å². The first kappa shape index (κ1) is 20.7. The number of unbranched alkanes of at least 4 members (excludes halogenated alkanes) is 1. The van der Waals surface area contributed by atoms with E-state index in [2.05, 4.69) is 44.7 Å². The third kappa shape index (κ3) is 7.85. The van der Waals surface area contributed by atoms with Crippen LogP contribution in [0.15, 0.2) is 22.5 Å². The highest BCUT2D eigenvalue weighted by atomic mass is 127. The van der Waals surface area contributed by atoms with Crippen molar-refractivity contribution in [2.45, 2.75) is 32.1 Å². The molecule has 6 heteroatoms. The molecular formula is C17H31IN4S. The number of nitrogens with one attached hydrogen (secondary N) is 1. The van der Waals surface area contributed by atoms with Crippen LogP contribution in [0.2, 0.25) is 0 Å². The molecule has 0 bridgehead atoms. The van der Waals surface area contributed by atoms with Gasteiger partial charge in [-0.1, -0.05) is 6.07 Å². The summed E-state index contributed by atoms with van der Waals surface area (Å²) in [6.45, 7) is 5.90. The first-order valence-corrected chi connectivity index (χ1v) is 9.34. The number of nitrogens with zero attached hydrogens (tertiary/aromatic N) is 3. The van der Waals surface area contributed by atoms with Gasteiger partial charge in [0.2, 0.25) is 0 Å². The predicted molar refractivity (Wildman–Crippen MR) is 112 cm³/mol. The fourth-order valence-electron chi connectivity index (χ4n) is 2.89. The Morgan fingerprint density at radius 3 is 2.78 bits per heavy atom. The van der Waals surface area contributed by atoms with Crippen molar-refractivity contribution in [2.75, 3.05) is 46.8 Å². The molecule has 0 aromatic carbocycles. The molecule has 1 N–H and O–H groups in total. The summed E-state index contributed by atoms with van der Waals surface area (Å²) < 4.78 is 0. The Morgan fingerprint density at radius 2 is 2.13 bits per heavy atom. The Bertz CT molecular complexity index is 430. The minimum absolute atomic E-state index is 0. The maximum Gasteiger partial charge on any atom is 0.193 e. The topological polar surface area (TPSA) is 30.9 Å². The van der Waals surface area contributed by atoms with Crippen molar-refractivity contribution in [3.05, 3.63) is 22.4 Å². The van der Waals surface area contributed by atoms with Crippen molar-refractivity contribution >= 4 is 41.3 Å². The molecule has 0 atom stereocenters. The molecule has 4 nitrogen and oxygen atoms in total. The number of thiophene rings is 1. The van der Waals surface area contributed by atoms with Gasteiger partial charge in [-0.3, -0.25) is 4.99 Å². The molecule has 0 aliphatic carbocycles. The zero-order valence-corrected chi connectivity index (χ0v) is 17.6. The number of hydrogen-bond acceptors (Lipinski definition) is 3. The molecule has 2 heterocycles. The second-order valence-electron chi connectivity index (χ2n) is 5.98. The minimum atomic E-state index is 0. The summed E-state index contributed by atoms with van der Waals surface area (Å²) in [4.78, 5) is 10.6. The highest BCUT2D eigenvalue weighted by Crippen LogP contribution is 2.09. The van der Waals surface area contributed by atoms with Gasteiger partial charge in [-0.2, -0.15) is 0 Å². The van der Waals surface area contributed by atoms with Gasteiger partial charge in [-0.05, 0) is 63.2 Å². The lowest BCUT2D eigenvalue weighted by Gasteiger charge is -2.22. The fourth-order valence-corrected chi connectivity index (χ4v) is 3.59. The molecule has 0 amide bonds. The number of likely N-dealkylation sites (N-methyl/N-ethyl adjacent to an activating group) is 1. The van der Waals surface area contributed by atoms with Gasteiger partial charge in [0.1, 0.15) is 0 Å². The highest BCUT2D eigenvalue weighted by molar-refractivity contribution is 14.0. The lowest BCUT2D eigenvalue weighted by molar-refractivity contribution is 0.330. The Kier molecular flexibility index (Phi) is 10.9. The average molecular weight is 450 g/mol. The van der Waals surface area contributed by atoms with Crippen LogP contribution in [0.4, 0.5) is 0 Å². The maximum absolute atomic E-state index is 4.39. The molecule has 0 radical (unpaired) electrons. The highest BCUT2D eigenvalue weighted by Gasteiger charge is 2.10. The van der Waals surface area contributed by atoms with Crippen LogP contribution in [-0.4, -0.2) is 62.6 Å². The number of likely N-dealkylation sites (tertiary alicyclic amines) is 1. The summed E-state index contributed by atoms with van der Waals surface area (Å²) in [5, 5.41) is 5.63. The van der Waals surface area contributed by atoms with Gasteiger partial charge >= 0.3 is 0 Å². The molecule has 1 aliphatic rings. The van der Waals surface area contributed by atoms with E-state index in [1.54, 1.807) is 0 Å². The van der Waals surface area contributed by atoms with E-state index < -0.39 is 0 Å². The summed E-state index contributed by atoms with van der Waals surface area (Å²) in [5.41, 5.74) is 0. The molecule has 2 rings (SSSR count). The second-order valence-corrected chi connectivity index (χ2v) is 7.01. The number of rotatable bonds is 8. The van der Waals surface area contributed by atoms with Crippen LogP contribution >= 0.6 is 35.3 Å². The SMILES string of the molecule is CN=C(NCCCCN1CCCC1)N(C)CCc1cccs1.I. The Labute approximate surface area is 162 Å². The quantitative estimate of drug-likeness (QED) is 0.286. The maximum atomic E-state index is 4.39. The lowest BCUT2D eigenvalue weighted by atomic mass is 10.3. The van der Waals surface area contributed by atoms with E-state index in [0.29, 0.717) is 0 Å². The first-order chi connectivity index (χ1) is 10.8. The van der Waals surface area contributed by atoms with Gasteiger partial charge in [-0.25, -0.2) is 0 Å². The third-order valence-electron chi connectivity index (χ3n) is 4.23. The molecule has 1 aliphatic heterocycles. The van der Waals surface area contributed by atoms with Gasteiger partial charge in [0.15, 0.2) is 5.96 Å². The lowest BCUT2D eigenvalue weighted by Crippen LogP contribution is -2.40. The van der Waals surface area contributed by atoms with E-state index in [-0.39, 0.29) is 24.0 Å². The van der Waals surface area contributed by atoms with Crippen LogP contribution in [-0.2, 0) is 6.42 Å². The summed E-state index contributed by atoms with van der Waals surface area (Å²) in [6, 6.07) is 4.32. The fraction of sp³-hybridized carbons (Fsp3) is 0.706. The molecule has 1 aromatic rings. The predicted octanol–water partition coefficient (Wildman–Crippen LogP) is 3.29. The van der Waals surface area contributed by atoms with Crippen molar-refractivity contribution in [1.29, 1.82) is 0 Å². The first-order valence-electron chi connectivity index (χ1n) is 8.46. The molecular weight excluding hydrogens is 419 g/mol. The van der Waals surface area contributed by atoms with Crippen molar-refractivity contribution in [3.8, 4) is 0 Å². The Hall–Kier alpha value is -0.340. The van der Waals surface area contributed by atoms with Gasteiger partial charge < -0.3 is 15.1 Å². The van der Waals surface area contributed by atoms with E-state index in [0.717, 1.165) is 25.5 Å². The van der Waals surface area contributed by atoms with Crippen LogP contribution in [0.3, 0.4) is 0 Å². The van der Waals surface area contributed by atoms with Gasteiger partial charge in [-0.15, -0.1) is 35.3 Å². The zero-order valence-electron chi connectivity index (χ0n) is 14.5. The number of halogens is 1. The van der Waals surface area contributed by atoms with Crippen LogP contribution in [0.25, 0.3) is 0 Å². The number of hydrogen-bond donors (Lipinski definition) is 1. The molecule has 0 saturated carbocycles. The standard InChI is InChI=1S/C17H30N4S.HI/c1-18-17(20(2)14-9-16-8-7-15-22-16)19-10-3-4-11-21-12-5-6-13-21;/h7-8,15H,3-6,9-14H2,1-2H3,(H,18,19);1H. The Balaban J connectivity index is 0.00000264. The molecule has 1 aromatic heterocycles. The normalized spacial score (nSPS) is 15.5. The monoisotopic (exact) mass is 450 g/mol. The summed E-state index contributed by atoms with van der Waals surface area (Å²) in [6.07, 6.45) is 6.36. The molecule has 23 heavy (non-hydrogen) atoms. The van der Waals surface area contributed by atoms with E-state index in [4.69, 9.17) is 0 Å². The van der Waals surface area contributed by atoms with E-state index in [9.17, 15) is 0 Å². The van der Waals surface area contributed by atoms with Crippen LogP contribution in [0, 0.1) is 0 Å².